The lowest BCUT2D eigenvalue weighted by atomic mass is 10.0. The Morgan fingerprint density at radius 3 is 2.42 bits per heavy atom. The van der Waals surface area contributed by atoms with Crippen LogP contribution in [-0.2, 0) is 6.54 Å². The fraction of sp³-hybridized carbons (Fsp3) is 0.300. The Labute approximate surface area is 72.6 Å². The van der Waals surface area contributed by atoms with Gasteiger partial charge in [0.2, 0.25) is 0 Å². The van der Waals surface area contributed by atoms with E-state index in [4.69, 9.17) is 11.0 Å². The molecule has 0 aliphatic rings. The highest BCUT2D eigenvalue weighted by Crippen LogP contribution is 2.14. The summed E-state index contributed by atoms with van der Waals surface area (Å²) in [7, 11) is 0. The fourth-order valence-electron chi connectivity index (χ4n) is 1.02. The SMILES string of the molecule is CC(C#N)c1ccc(CN)cc1. The first-order chi connectivity index (χ1) is 5.77. The van der Waals surface area contributed by atoms with Gasteiger partial charge in [0.25, 0.3) is 0 Å². The molecule has 12 heavy (non-hydrogen) atoms. The van der Waals surface area contributed by atoms with Crippen molar-refractivity contribution in [3.05, 3.63) is 35.4 Å². The van der Waals surface area contributed by atoms with E-state index in [-0.39, 0.29) is 5.92 Å². The van der Waals surface area contributed by atoms with Crippen LogP contribution >= 0.6 is 0 Å². The lowest BCUT2D eigenvalue weighted by molar-refractivity contribution is 0.974. The molecule has 0 amide bonds. The minimum atomic E-state index is -0.0307. The van der Waals surface area contributed by atoms with Gasteiger partial charge in [0.1, 0.15) is 0 Å². The van der Waals surface area contributed by atoms with E-state index in [0.717, 1.165) is 11.1 Å². The molecule has 0 bridgehead atoms. The van der Waals surface area contributed by atoms with E-state index in [1.807, 2.05) is 31.2 Å². The second-order valence-electron chi connectivity index (χ2n) is 2.80. The summed E-state index contributed by atoms with van der Waals surface area (Å²) in [5.41, 5.74) is 7.59. The van der Waals surface area contributed by atoms with Gasteiger partial charge in [-0.05, 0) is 18.1 Å². The second-order valence-corrected chi connectivity index (χ2v) is 2.80. The molecule has 0 radical (unpaired) electrons. The molecule has 0 aromatic heterocycles. The van der Waals surface area contributed by atoms with Crippen LogP contribution in [0, 0.1) is 11.3 Å². The third-order valence-electron chi connectivity index (χ3n) is 1.91. The molecule has 1 aromatic rings. The molecule has 2 nitrogen and oxygen atoms in total. The van der Waals surface area contributed by atoms with E-state index in [2.05, 4.69) is 6.07 Å². The molecule has 1 aromatic carbocycles. The monoisotopic (exact) mass is 160 g/mol. The molecule has 2 N–H and O–H groups in total. The molecule has 0 fully saturated rings. The first-order valence-electron chi connectivity index (χ1n) is 3.96. The molecule has 0 heterocycles. The molecule has 0 aliphatic heterocycles. The summed E-state index contributed by atoms with van der Waals surface area (Å²) < 4.78 is 0. The summed E-state index contributed by atoms with van der Waals surface area (Å²) in [6.45, 7) is 2.44. The first-order valence-corrected chi connectivity index (χ1v) is 3.96. The molecule has 2 heteroatoms. The zero-order valence-corrected chi connectivity index (χ0v) is 7.12. The lowest BCUT2D eigenvalue weighted by Gasteiger charge is -2.02. The van der Waals surface area contributed by atoms with Crippen molar-refractivity contribution in [3.8, 4) is 6.07 Å². The summed E-state index contributed by atoms with van der Waals surface area (Å²) in [5, 5.41) is 8.64. The molecule has 1 atom stereocenters. The van der Waals surface area contributed by atoms with Crippen LogP contribution in [-0.4, -0.2) is 0 Å². The lowest BCUT2D eigenvalue weighted by Crippen LogP contribution is -1.96. The van der Waals surface area contributed by atoms with Crippen molar-refractivity contribution >= 4 is 0 Å². The van der Waals surface area contributed by atoms with E-state index in [0.29, 0.717) is 6.54 Å². The number of nitrogens with two attached hydrogens (primary N) is 1. The van der Waals surface area contributed by atoms with Gasteiger partial charge in [0.15, 0.2) is 0 Å². The summed E-state index contributed by atoms with van der Waals surface area (Å²) in [6, 6.07) is 10.0. The van der Waals surface area contributed by atoms with Gasteiger partial charge < -0.3 is 5.73 Å². The molecule has 0 saturated heterocycles. The number of hydrogen-bond donors (Lipinski definition) is 1. The van der Waals surface area contributed by atoms with Crippen LogP contribution in [0.1, 0.15) is 24.0 Å². The van der Waals surface area contributed by atoms with Crippen molar-refractivity contribution in [1.82, 2.24) is 0 Å². The molecular formula is C10H12N2. The maximum atomic E-state index is 8.64. The third-order valence-corrected chi connectivity index (χ3v) is 1.91. The number of benzene rings is 1. The topological polar surface area (TPSA) is 49.8 Å². The fourth-order valence-corrected chi connectivity index (χ4v) is 1.02. The van der Waals surface area contributed by atoms with Crippen LogP contribution in [0.15, 0.2) is 24.3 Å². The Morgan fingerprint density at radius 2 is 2.00 bits per heavy atom. The van der Waals surface area contributed by atoms with Crippen molar-refractivity contribution in [2.45, 2.75) is 19.4 Å². The first kappa shape index (κ1) is 8.76. The Bertz CT molecular complexity index is 282. The van der Waals surface area contributed by atoms with Crippen LogP contribution in [0.2, 0.25) is 0 Å². The Hall–Kier alpha value is -1.33. The zero-order chi connectivity index (χ0) is 8.97. The highest BCUT2D eigenvalue weighted by Gasteiger charge is 2.01. The van der Waals surface area contributed by atoms with Crippen molar-refractivity contribution in [2.75, 3.05) is 0 Å². The van der Waals surface area contributed by atoms with Gasteiger partial charge in [0, 0.05) is 6.54 Å². The van der Waals surface area contributed by atoms with E-state index in [9.17, 15) is 0 Å². The van der Waals surface area contributed by atoms with Crippen molar-refractivity contribution < 1.29 is 0 Å². The minimum Gasteiger partial charge on any atom is -0.326 e. The average Bonchev–Trinajstić information content (AvgIpc) is 2.17. The highest BCUT2D eigenvalue weighted by atomic mass is 14.5. The average molecular weight is 160 g/mol. The number of nitriles is 1. The smallest absolute Gasteiger partial charge is 0.0700 e. The third kappa shape index (κ3) is 1.84. The van der Waals surface area contributed by atoms with Crippen LogP contribution in [0.4, 0.5) is 0 Å². The predicted octanol–water partition coefficient (Wildman–Crippen LogP) is 1.77. The van der Waals surface area contributed by atoms with Crippen LogP contribution < -0.4 is 5.73 Å². The highest BCUT2D eigenvalue weighted by molar-refractivity contribution is 5.27. The van der Waals surface area contributed by atoms with E-state index >= 15 is 0 Å². The maximum Gasteiger partial charge on any atom is 0.0700 e. The Morgan fingerprint density at radius 1 is 1.42 bits per heavy atom. The van der Waals surface area contributed by atoms with Crippen LogP contribution in [0.5, 0.6) is 0 Å². The Kier molecular flexibility index (Phi) is 2.84. The molecule has 0 spiro atoms. The van der Waals surface area contributed by atoms with Gasteiger partial charge in [-0.25, -0.2) is 0 Å². The maximum absolute atomic E-state index is 8.64. The summed E-state index contributed by atoms with van der Waals surface area (Å²) >= 11 is 0. The van der Waals surface area contributed by atoms with Gasteiger partial charge in [0.05, 0.1) is 12.0 Å². The molecule has 1 rings (SSSR count). The van der Waals surface area contributed by atoms with E-state index in [1.165, 1.54) is 0 Å². The molecule has 0 aliphatic carbocycles. The normalized spacial score (nSPS) is 12.1. The van der Waals surface area contributed by atoms with Gasteiger partial charge in [-0.1, -0.05) is 24.3 Å². The summed E-state index contributed by atoms with van der Waals surface area (Å²) in [4.78, 5) is 0. The molecule has 1 unspecified atom stereocenters. The predicted molar refractivity (Wildman–Crippen MR) is 48.4 cm³/mol. The van der Waals surface area contributed by atoms with Crippen molar-refractivity contribution in [3.63, 3.8) is 0 Å². The molecule has 0 saturated carbocycles. The Balaban J connectivity index is 2.86. The van der Waals surface area contributed by atoms with Gasteiger partial charge >= 0.3 is 0 Å². The minimum absolute atomic E-state index is 0.0307. The van der Waals surface area contributed by atoms with Crippen LogP contribution in [0.25, 0.3) is 0 Å². The van der Waals surface area contributed by atoms with E-state index < -0.39 is 0 Å². The number of nitrogens with zero attached hydrogens (tertiary/aromatic N) is 1. The van der Waals surface area contributed by atoms with Gasteiger partial charge in [-0.15, -0.1) is 0 Å². The number of rotatable bonds is 2. The van der Waals surface area contributed by atoms with E-state index in [1.54, 1.807) is 0 Å². The van der Waals surface area contributed by atoms with Gasteiger partial charge in [-0.2, -0.15) is 5.26 Å². The summed E-state index contributed by atoms with van der Waals surface area (Å²) in [5.74, 6) is -0.0307. The molecular weight excluding hydrogens is 148 g/mol. The van der Waals surface area contributed by atoms with Crippen molar-refractivity contribution in [2.24, 2.45) is 5.73 Å². The van der Waals surface area contributed by atoms with Gasteiger partial charge in [-0.3, -0.25) is 0 Å². The van der Waals surface area contributed by atoms with Crippen molar-refractivity contribution in [1.29, 1.82) is 5.26 Å². The van der Waals surface area contributed by atoms with Crippen LogP contribution in [0.3, 0.4) is 0 Å². The molecule has 62 valence electrons. The second kappa shape index (κ2) is 3.89. The zero-order valence-electron chi connectivity index (χ0n) is 7.12. The summed E-state index contributed by atoms with van der Waals surface area (Å²) in [6.07, 6.45) is 0. The quantitative estimate of drug-likeness (QED) is 0.716. The standard InChI is InChI=1S/C10H12N2/c1-8(6-11)10-4-2-9(7-12)3-5-10/h2-5,8H,7,12H2,1H3. The largest absolute Gasteiger partial charge is 0.326 e. The number of hydrogen-bond acceptors (Lipinski definition) is 2.